The quantitative estimate of drug-likeness (QED) is 0.225. The number of nitrogens with zero attached hydrogens (tertiary/aromatic N) is 5. The highest BCUT2D eigenvalue weighted by molar-refractivity contribution is 6.30. The first-order chi connectivity index (χ1) is 26.2. The van der Waals surface area contributed by atoms with Crippen LogP contribution in [0, 0.1) is 50.7 Å². The summed E-state index contributed by atoms with van der Waals surface area (Å²) >= 11 is 6.18. The van der Waals surface area contributed by atoms with Crippen LogP contribution in [0.2, 0.25) is 5.02 Å². The number of carboxylic acids is 1. The van der Waals surface area contributed by atoms with E-state index in [0.717, 1.165) is 62.8 Å². The van der Waals surface area contributed by atoms with Gasteiger partial charge < -0.3 is 19.7 Å². The molecule has 11 nitrogen and oxygen atoms in total. The number of allylic oxidation sites excluding steroid dienone is 2. The third kappa shape index (κ3) is 6.01. The number of aliphatic carboxylic acids is 1. The molecular formula is C44H63ClN6O5. The predicted molar refractivity (Wildman–Crippen MR) is 215 cm³/mol. The lowest BCUT2D eigenvalue weighted by Gasteiger charge is -2.72. The molecule has 56 heavy (non-hydrogen) atoms. The molecule has 2 heterocycles. The number of carbonyl (C=O) groups excluding carboxylic acids is 2. The highest BCUT2D eigenvalue weighted by Crippen LogP contribution is 2.76. The van der Waals surface area contributed by atoms with E-state index in [1.165, 1.54) is 5.57 Å². The van der Waals surface area contributed by atoms with Crippen LogP contribution in [0.4, 0.5) is 0 Å². The van der Waals surface area contributed by atoms with Crippen molar-refractivity contribution >= 4 is 29.3 Å². The lowest BCUT2D eigenvalue weighted by Crippen LogP contribution is -2.66. The number of carboxylic acid groups (broad SMARTS) is 1. The van der Waals surface area contributed by atoms with Gasteiger partial charge in [-0.25, -0.2) is 9.97 Å². The summed E-state index contributed by atoms with van der Waals surface area (Å²) in [7, 11) is 1.94. The lowest BCUT2D eigenvalue weighted by molar-refractivity contribution is -0.232. The minimum absolute atomic E-state index is 0.0290. The first-order valence-corrected chi connectivity index (χ1v) is 21.3. The van der Waals surface area contributed by atoms with Gasteiger partial charge in [-0.2, -0.15) is 0 Å². The molecule has 0 aliphatic heterocycles. The Hall–Kier alpha value is -3.18. The van der Waals surface area contributed by atoms with Crippen molar-refractivity contribution in [3.63, 3.8) is 0 Å². The molecule has 4 fully saturated rings. The zero-order valence-electron chi connectivity index (χ0n) is 35.2. The topological polar surface area (TPSA) is 149 Å². The number of ketones is 1. The largest absolute Gasteiger partial charge is 0.481 e. The van der Waals surface area contributed by atoms with E-state index in [2.05, 4.69) is 68.3 Å². The van der Waals surface area contributed by atoms with Crippen LogP contribution in [0.5, 0.6) is 0 Å². The van der Waals surface area contributed by atoms with Gasteiger partial charge in [0.2, 0.25) is 5.82 Å². The summed E-state index contributed by atoms with van der Waals surface area (Å²) in [5, 5.41) is 23.1. The number of carbonyl (C=O) groups is 3. The number of aromatic nitrogens is 5. The van der Waals surface area contributed by atoms with Gasteiger partial charge in [0.1, 0.15) is 11.9 Å². The van der Waals surface area contributed by atoms with Crippen LogP contribution in [-0.4, -0.2) is 67.3 Å². The van der Waals surface area contributed by atoms with Crippen molar-refractivity contribution in [2.75, 3.05) is 13.6 Å². The Bertz CT molecular complexity index is 1940. The maximum Gasteiger partial charge on any atom is 0.309 e. The van der Waals surface area contributed by atoms with E-state index in [4.69, 9.17) is 26.5 Å². The summed E-state index contributed by atoms with van der Waals surface area (Å²) in [5.41, 5.74) is 0.380. The maximum atomic E-state index is 14.4. The number of fused-ring (bicyclic) bond motifs is 7. The Balaban J connectivity index is 1.24. The monoisotopic (exact) mass is 790 g/mol. The van der Waals surface area contributed by atoms with Gasteiger partial charge in [-0.1, -0.05) is 60.1 Å². The van der Waals surface area contributed by atoms with E-state index in [1.807, 2.05) is 7.05 Å². The second kappa shape index (κ2) is 14.0. The van der Waals surface area contributed by atoms with Gasteiger partial charge in [-0.15, -0.1) is 10.2 Å². The van der Waals surface area contributed by atoms with E-state index in [0.29, 0.717) is 48.0 Å². The van der Waals surface area contributed by atoms with Crippen molar-refractivity contribution in [1.29, 1.82) is 0 Å². The third-order valence-electron chi connectivity index (χ3n) is 16.4. The molecule has 7 rings (SSSR count). The normalized spacial score (nSPS) is 35.1. The maximum absolute atomic E-state index is 14.4. The molecule has 0 bridgehead atoms. The van der Waals surface area contributed by atoms with E-state index in [-0.39, 0.29) is 51.8 Å². The molecule has 0 saturated heterocycles. The van der Waals surface area contributed by atoms with Gasteiger partial charge in [0.05, 0.1) is 22.3 Å². The fourth-order valence-corrected chi connectivity index (χ4v) is 13.5. The van der Waals surface area contributed by atoms with Gasteiger partial charge in [-0.05, 0) is 123 Å². The zero-order valence-corrected chi connectivity index (χ0v) is 36.0. The third-order valence-corrected chi connectivity index (χ3v) is 16.6. The van der Waals surface area contributed by atoms with Crippen molar-refractivity contribution in [3.8, 4) is 11.6 Å². The molecule has 0 aromatic carbocycles. The first-order valence-electron chi connectivity index (χ1n) is 20.9. The van der Waals surface area contributed by atoms with Crippen molar-refractivity contribution < 1.29 is 24.2 Å². The summed E-state index contributed by atoms with van der Waals surface area (Å²) in [6.07, 6.45) is 11.0. The van der Waals surface area contributed by atoms with E-state index in [9.17, 15) is 19.5 Å². The van der Waals surface area contributed by atoms with Gasteiger partial charge in [0.25, 0.3) is 0 Å². The van der Waals surface area contributed by atoms with E-state index >= 15 is 0 Å². The fraction of sp³-hybridized carbons (Fsp3) is 0.750. The molecular weight excluding hydrogens is 728 g/mol. The fourth-order valence-electron chi connectivity index (χ4n) is 13.4. The highest BCUT2D eigenvalue weighted by atomic mass is 35.5. The second-order valence-corrected chi connectivity index (χ2v) is 20.7. The minimum atomic E-state index is -1.17. The molecule has 8 atom stereocenters. The molecule has 0 radical (unpaired) electrons. The van der Waals surface area contributed by atoms with Crippen LogP contribution in [-0.2, 0) is 31.1 Å². The van der Waals surface area contributed by atoms with Crippen LogP contribution in [0.25, 0.3) is 11.6 Å². The molecule has 2 aromatic heterocycles. The summed E-state index contributed by atoms with van der Waals surface area (Å²) in [5.74, 6) is 1.89. The molecule has 4 saturated carbocycles. The first kappa shape index (κ1) is 41.0. The van der Waals surface area contributed by atoms with Crippen LogP contribution in [0.3, 0.4) is 0 Å². The molecule has 0 unspecified atom stereocenters. The number of Topliss-reactive ketones (excluding diaryl/α,β-unsaturated/α-hetero) is 1. The molecule has 306 valence electrons. The Kier molecular flexibility index (Phi) is 10.2. The Labute approximate surface area is 337 Å². The average molecular weight is 791 g/mol. The Morgan fingerprint density at radius 1 is 0.982 bits per heavy atom. The van der Waals surface area contributed by atoms with Crippen molar-refractivity contribution in [2.24, 2.45) is 50.7 Å². The standard InChI is InChI=1S/C44H63ClN6O5/c1-25(2)33-28(52)21-44(37-50-49-36(51(37)20-19-46-10)35-47-23-26(45)24-48-35)18-17-42(8)27(34(33)44)11-12-30-41(7)15-14-31(56-32(53)22-39(3,4)38(54)55)40(5,6)29(41)13-16-43(30,42)9/h23-25,27,29-31,46H,11-22H2,1-10H3,(H,54,55)/t27-,29+,30-,31+,41+,42-,43-,44-/m1/s1. The summed E-state index contributed by atoms with van der Waals surface area (Å²) < 4.78 is 8.36. The van der Waals surface area contributed by atoms with Gasteiger partial charge in [0.15, 0.2) is 11.6 Å². The molecule has 0 spiro atoms. The van der Waals surface area contributed by atoms with Crippen molar-refractivity contribution in [1.82, 2.24) is 30.0 Å². The zero-order chi connectivity index (χ0) is 40.8. The van der Waals surface area contributed by atoms with Crippen LogP contribution in [0.1, 0.15) is 132 Å². The predicted octanol–water partition coefficient (Wildman–Crippen LogP) is 8.25. The van der Waals surface area contributed by atoms with Crippen LogP contribution >= 0.6 is 11.6 Å². The summed E-state index contributed by atoms with van der Waals surface area (Å²) in [4.78, 5) is 48.4. The van der Waals surface area contributed by atoms with Crippen molar-refractivity contribution in [2.45, 2.75) is 145 Å². The molecule has 2 aromatic rings. The highest BCUT2D eigenvalue weighted by Gasteiger charge is 2.71. The van der Waals surface area contributed by atoms with Crippen LogP contribution in [0.15, 0.2) is 23.5 Å². The number of esters is 1. The minimum Gasteiger partial charge on any atom is -0.481 e. The summed E-state index contributed by atoms with van der Waals surface area (Å²) in [6, 6.07) is 0. The number of halogens is 1. The van der Waals surface area contributed by atoms with E-state index in [1.54, 1.807) is 26.2 Å². The molecule has 12 heteroatoms. The second-order valence-electron chi connectivity index (χ2n) is 20.3. The smallest absolute Gasteiger partial charge is 0.309 e. The van der Waals surface area contributed by atoms with E-state index < -0.39 is 22.8 Å². The molecule has 0 amide bonds. The molecule has 2 N–H and O–H groups in total. The van der Waals surface area contributed by atoms with Gasteiger partial charge in [-0.3, -0.25) is 14.4 Å². The number of ether oxygens (including phenoxy) is 1. The number of nitrogens with one attached hydrogen (secondary N) is 1. The summed E-state index contributed by atoms with van der Waals surface area (Å²) in [6.45, 7) is 21.0. The Morgan fingerprint density at radius 3 is 2.32 bits per heavy atom. The SMILES string of the molecule is CNCCn1c(-c2ncc(Cl)cn2)nnc1[C@@]12CC[C@]3(C)[C@H](CC[C@@H]4[C@@]5(C)CC[C@H](OC(=O)CC(C)(C)C(=O)O)C(C)(C)[C@@H]5CC[C@]43C)C1=C(C(C)C)C(=O)C2. The molecule has 5 aliphatic carbocycles. The van der Waals surface area contributed by atoms with Gasteiger partial charge >= 0.3 is 11.9 Å². The molecule has 5 aliphatic rings. The van der Waals surface area contributed by atoms with Crippen LogP contribution < -0.4 is 5.32 Å². The number of likely N-dealkylation sites (N-methyl/N-ethyl adjacent to an activating group) is 1. The number of hydrogen-bond donors (Lipinski definition) is 2. The van der Waals surface area contributed by atoms with Gasteiger partial charge in [0, 0.05) is 37.3 Å². The average Bonchev–Trinajstić information content (AvgIpc) is 3.68. The Morgan fingerprint density at radius 2 is 1.68 bits per heavy atom. The number of rotatable bonds is 10. The van der Waals surface area contributed by atoms with Crippen molar-refractivity contribution in [3.05, 3.63) is 34.4 Å². The lowest BCUT2D eigenvalue weighted by atomic mass is 9.33. The number of hydrogen-bond acceptors (Lipinski definition) is 9.